The number of phenols is 1. The third-order valence-electron chi connectivity index (χ3n) is 5.76. The maximum Gasteiger partial charge on any atom is 0.490 e. The summed E-state index contributed by atoms with van der Waals surface area (Å²) in [6, 6.07) is 2.60. The number of hydrogen-bond donors (Lipinski definition) is 5. The quantitative estimate of drug-likeness (QED) is 0.424. The molecule has 32 heavy (non-hydrogen) atoms. The zero-order chi connectivity index (χ0) is 24.4. The van der Waals surface area contributed by atoms with Gasteiger partial charge in [-0.2, -0.15) is 13.2 Å². The van der Waals surface area contributed by atoms with Crippen molar-refractivity contribution in [3.05, 3.63) is 27.7 Å². The van der Waals surface area contributed by atoms with E-state index < -0.39 is 36.8 Å². The van der Waals surface area contributed by atoms with E-state index in [1.54, 1.807) is 11.0 Å². The molecular formula is C19H23Cl2F3N2O6. The van der Waals surface area contributed by atoms with Gasteiger partial charge in [-0.05, 0) is 36.7 Å². The number of aromatic hydroxyl groups is 1. The van der Waals surface area contributed by atoms with Crippen molar-refractivity contribution >= 4 is 35.1 Å². The zero-order valence-electron chi connectivity index (χ0n) is 16.6. The Morgan fingerprint density at radius 2 is 1.62 bits per heavy atom. The molecule has 3 rings (SSSR count). The number of carbonyl (C=O) groups is 2. The fourth-order valence-corrected chi connectivity index (χ4v) is 4.68. The van der Waals surface area contributed by atoms with Gasteiger partial charge in [-0.1, -0.05) is 23.2 Å². The largest absolute Gasteiger partial charge is 0.508 e. The van der Waals surface area contributed by atoms with Gasteiger partial charge in [-0.15, -0.1) is 0 Å². The molecule has 1 aromatic rings. The summed E-state index contributed by atoms with van der Waals surface area (Å²) in [4.78, 5) is 22.7. The number of benzene rings is 1. The van der Waals surface area contributed by atoms with Crippen molar-refractivity contribution in [3.8, 4) is 5.75 Å². The molecule has 0 radical (unpaired) electrons. The lowest BCUT2D eigenvalue weighted by molar-refractivity contribution is -0.192. The van der Waals surface area contributed by atoms with E-state index in [4.69, 9.17) is 43.9 Å². The number of hydrogen-bond acceptors (Lipinski definition) is 6. The third-order valence-corrected chi connectivity index (χ3v) is 6.48. The number of aliphatic carboxylic acids is 1. The van der Waals surface area contributed by atoms with Crippen LogP contribution in [0, 0.1) is 17.8 Å². The van der Waals surface area contributed by atoms with Crippen LogP contribution in [0.3, 0.4) is 0 Å². The average Bonchev–Trinajstić information content (AvgIpc) is 2.98. The number of nitrogens with zero attached hydrogens (tertiary/aromatic N) is 1. The highest BCUT2D eigenvalue weighted by molar-refractivity contribution is 6.42. The molecule has 1 aliphatic carbocycles. The topological polar surface area (TPSA) is 144 Å². The second kappa shape index (κ2) is 10.4. The van der Waals surface area contributed by atoms with Crippen molar-refractivity contribution in [1.29, 1.82) is 0 Å². The van der Waals surface area contributed by atoms with Crippen molar-refractivity contribution in [2.75, 3.05) is 19.7 Å². The summed E-state index contributed by atoms with van der Waals surface area (Å²) in [6.07, 6.45) is -4.59. The van der Waals surface area contributed by atoms with Crippen molar-refractivity contribution < 1.29 is 43.2 Å². The molecular weight excluding hydrogens is 480 g/mol. The molecule has 1 aromatic carbocycles. The number of fused-ring (bicyclic) bond motifs is 2. The second-order valence-corrected chi connectivity index (χ2v) is 8.58. The Morgan fingerprint density at radius 3 is 2.06 bits per heavy atom. The number of aliphatic hydroxyl groups excluding tert-OH is 2. The van der Waals surface area contributed by atoms with Crippen LogP contribution in [0.15, 0.2) is 12.1 Å². The van der Waals surface area contributed by atoms with Gasteiger partial charge in [0.2, 0.25) is 0 Å². The number of alkyl halides is 3. The van der Waals surface area contributed by atoms with Crippen LogP contribution < -0.4 is 5.73 Å². The van der Waals surface area contributed by atoms with E-state index in [1.165, 1.54) is 6.07 Å². The minimum absolute atomic E-state index is 0.0236. The summed E-state index contributed by atoms with van der Waals surface area (Å²) < 4.78 is 31.7. The van der Waals surface area contributed by atoms with Gasteiger partial charge in [0, 0.05) is 30.8 Å². The van der Waals surface area contributed by atoms with Crippen LogP contribution >= 0.6 is 23.2 Å². The second-order valence-electron chi connectivity index (χ2n) is 7.77. The van der Waals surface area contributed by atoms with Gasteiger partial charge in [0.25, 0.3) is 5.91 Å². The van der Waals surface area contributed by atoms with E-state index >= 15 is 0 Å². The van der Waals surface area contributed by atoms with Crippen LogP contribution in [-0.4, -0.2) is 69.2 Å². The van der Waals surface area contributed by atoms with Crippen molar-refractivity contribution in [3.63, 3.8) is 0 Å². The number of aliphatic hydroxyl groups is 2. The van der Waals surface area contributed by atoms with E-state index in [0.717, 1.165) is 12.8 Å². The van der Waals surface area contributed by atoms with Crippen LogP contribution in [0.4, 0.5) is 13.2 Å². The Morgan fingerprint density at radius 1 is 1.16 bits per heavy atom. The summed E-state index contributed by atoms with van der Waals surface area (Å²) in [6.45, 7) is 0.407. The molecule has 13 heteroatoms. The van der Waals surface area contributed by atoms with Gasteiger partial charge in [0.05, 0.1) is 16.7 Å². The van der Waals surface area contributed by atoms with Gasteiger partial charge in [0.1, 0.15) is 5.75 Å². The molecule has 2 unspecified atom stereocenters. The maximum atomic E-state index is 12.1. The lowest BCUT2D eigenvalue weighted by Crippen LogP contribution is -2.51. The van der Waals surface area contributed by atoms with Gasteiger partial charge in [-0.3, -0.25) is 4.79 Å². The number of rotatable bonds is 4. The zero-order valence-corrected chi connectivity index (χ0v) is 18.1. The molecule has 4 atom stereocenters. The van der Waals surface area contributed by atoms with Gasteiger partial charge >= 0.3 is 12.1 Å². The molecule has 2 bridgehead atoms. The maximum absolute atomic E-state index is 12.1. The van der Waals surface area contributed by atoms with E-state index in [-0.39, 0.29) is 28.5 Å². The summed E-state index contributed by atoms with van der Waals surface area (Å²) in [5.41, 5.74) is 7.02. The first-order valence-electron chi connectivity index (χ1n) is 9.59. The Bertz CT molecular complexity index is 843. The molecule has 1 saturated heterocycles. The summed E-state index contributed by atoms with van der Waals surface area (Å²) >= 11 is 12.0. The SMILES string of the molecule is N[C@@H](c1cc(Cl)c(Cl)cc1O)C1C2CCC1CN(C(=O)[C@H](O)CO)C2.O=C(O)C(F)(F)F. The number of likely N-dealkylation sites (tertiary alicyclic amines) is 1. The molecule has 2 fully saturated rings. The number of amides is 1. The highest BCUT2D eigenvalue weighted by Gasteiger charge is 2.47. The first kappa shape index (κ1) is 26.5. The molecule has 6 N–H and O–H groups in total. The molecule has 8 nitrogen and oxygen atoms in total. The lowest BCUT2D eigenvalue weighted by atomic mass is 9.77. The van der Waals surface area contributed by atoms with E-state index in [0.29, 0.717) is 23.7 Å². The number of halogens is 5. The van der Waals surface area contributed by atoms with Crippen LogP contribution in [0.25, 0.3) is 0 Å². The van der Waals surface area contributed by atoms with Gasteiger partial charge in [0.15, 0.2) is 6.10 Å². The molecule has 0 aromatic heterocycles. The number of phenolic OH excluding ortho intramolecular Hbond substituents is 1. The molecule has 1 amide bonds. The minimum atomic E-state index is -5.08. The minimum Gasteiger partial charge on any atom is -0.508 e. The molecule has 1 aliphatic heterocycles. The fourth-order valence-electron chi connectivity index (χ4n) is 4.35. The Balaban J connectivity index is 0.000000451. The van der Waals surface area contributed by atoms with Crippen LogP contribution in [0.1, 0.15) is 24.4 Å². The van der Waals surface area contributed by atoms with Crippen LogP contribution in [0.5, 0.6) is 5.75 Å². The predicted molar refractivity (Wildman–Crippen MR) is 108 cm³/mol. The average molecular weight is 503 g/mol. The third kappa shape index (κ3) is 5.96. The molecule has 2 aliphatic rings. The lowest BCUT2D eigenvalue weighted by Gasteiger charge is -2.41. The Kier molecular flexibility index (Phi) is 8.62. The summed E-state index contributed by atoms with van der Waals surface area (Å²) in [5, 5.41) is 36.5. The molecule has 180 valence electrons. The van der Waals surface area contributed by atoms with E-state index in [9.17, 15) is 28.2 Å². The highest BCUT2D eigenvalue weighted by Crippen LogP contribution is 2.49. The predicted octanol–water partition coefficient (Wildman–Crippen LogP) is 2.17. The van der Waals surface area contributed by atoms with Gasteiger partial charge < -0.3 is 31.1 Å². The standard InChI is InChI=1S/C17H22Cl2N2O4.C2HF3O2/c18-11-3-10(13(23)4-12(11)19)16(20)15-8-1-2-9(15)6-21(5-8)17(25)14(24)7-22;3-2(4,5)1(6)7/h3-4,8-9,14-16,22-24H,1-2,5-7,20H2;(H,6,7)/t8?,9?,14-,15?,16+;/m1./s1. The Hall–Kier alpha value is -1.79. The summed E-state index contributed by atoms with van der Waals surface area (Å²) in [5.74, 6) is -2.71. The van der Waals surface area contributed by atoms with E-state index in [1.807, 2.05) is 0 Å². The number of nitrogens with two attached hydrogens (primary N) is 1. The highest BCUT2D eigenvalue weighted by atomic mass is 35.5. The molecule has 1 heterocycles. The monoisotopic (exact) mass is 502 g/mol. The van der Waals surface area contributed by atoms with Crippen LogP contribution in [-0.2, 0) is 9.59 Å². The van der Waals surface area contributed by atoms with Crippen molar-refractivity contribution in [2.45, 2.75) is 31.2 Å². The van der Waals surface area contributed by atoms with Gasteiger partial charge in [-0.25, -0.2) is 4.79 Å². The first-order chi connectivity index (χ1) is 14.8. The fraction of sp³-hybridized carbons (Fsp3) is 0.579. The first-order valence-corrected chi connectivity index (χ1v) is 10.3. The van der Waals surface area contributed by atoms with Crippen molar-refractivity contribution in [2.24, 2.45) is 23.5 Å². The number of carboxylic acids is 1. The van der Waals surface area contributed by atoms with Crippen LogP contribution in [0.2, 0.25) is 10.0 Å². The summed E-state index contributed by atoms with van der Waals surface area (Å²) in [7, 11) is 0. The number of carboxylic acid groups (broad SMARTS) is 1. The van der Waals surface area contributed by atoms with Crippen molar-refractivity contribution in [1.82, 2.24) is 4.90 Å². The Labute approximate surface area is 191 Å². The smallest absolute Gasteiger partial charge is 0.490 e. The molecule has 0 spiro atoms. The molecule has 1 saturated carbocycles. The normalized spacial score (nSPS) is 24.4. The number of piperidine rings is 1. The van der Waals surface area contributed by atoms with E-state index in [2.05, 4.69) is 0 Å². The number of carbonyl (C=O) groups excluding carboxylic acids is 1.